The smallest absolute Gasteiger partial charge is 0.254 e. The van der Waals surface area contributed by atoms with Crippen LogP contribution >= 0.6 is 0 Å². The molecule has 2 aromatic heterocycles. The number of fused-ring (bicyclic) bond motifs is 1. The molecule has 0 bridgehead atoms. The number of piperazine rings is 1. The van der Waals surface area contributed by atoms with Gasteiger partial charge in [-0.3, -0.25) is 4.79 Å². The van der Waals surface area contributed by atoms with E-state index in [0.717, 1.165) is 34.5 Å². The highest BCUT2D eigenvalue weighted by atomic mass is 16.2. The Morgan fingerprint density at radius 1 is 0.939 bits per heavy atom. The van der Waals surface area contributed by atoms with Gasteiger partial charge in [0.2, 0.25) is 11.9 Å². The third-order valence-corrected chi connectivity index (χ3v) is 5.80. The Morgan fingerprint density at radius 2 is 1.73 bits per heavy atom. The molecule has 0 radical (unpaired) electrons. The maximum Gasteiger partial charge on any atom is 0.254 e. The minimum atomic E-state index is 0.0139. The van der Waals surface area contributed by atoms with E-state index < -0.39 is 0 Å². The largest absolute Gasteiger partial charge is 0.337 e. The highest BCUT2D eigenvalue weighted by Gasteiger charge is 2.23. The van der Waals surface area contributed by atoms with Gasteiger partial charge in [0.15, 0.2) is 0 Å². The summed E-state index contributed by atoms with van der Waals surface area (Å²) in [6.45, 7) is 4.76. The number of rotatable bonds is 5. The van der Waals surface area contributed by atoms with Gasteiger partial charge in [0.25, 0.3) is 5.91 Å². The van der Waals surface area contributed by atoms with E-state index in [4.69, 9.17) is 0 Å². The molecule has 3 heterocycles. The Morgan fingerprint density at radius 3 is 2.52 bits per heavy atom. The highest BCUT2D eigenvalue weighted by molar-refractivity contribution is 5.95. The SMILES string of the molecule is CCc1cnc(N2CCN(C(=O)c3cccc(Nc4ncc5ccccc5n4)c3)CC2)nc1. The van der Waals surface area contributed by atoms with Gasteiger partial charge in [0, 0.05) is 61.4 Å². The lowest BCUT2D eigenvalue weighted by atomic mass is 10.1. The number of amides is 1. The molecule has 1 N–H and O–H groups in total. The number of para-hydroxylation sites is 1. The molecule has 33 heavy (non-hydrogen) atoms. The van der Waals surface area contributed by atoms with Gasteiger partial charge in [-0.25, -0.2) is 19.9 Å². The van der Waals surface area contributed by atoms with E-state index in [0.29, 0.717) is 37.7 Å². The molecular formula is C25H25N7O. The van der Waals surface area contributed by atoms with Gasteiger partial charge in [0.1, 0.15) is 0 Å². The summed E-state index contributed by atoms with van der Waals surface area (Å²) in [6, 6.07) is 15.3. The van der Waals surface area contributed by atoms with Crippen LogP contribution in [0.25, 0.3) is 10.9 Å². The van der Waals surface area contributed by atoms with Gasteiger partial charge < -0.3 is 15.1 Å². The second-order valence-corrected chi connectivity index (χ2v) is 7.98. The quantitative estimate of drug-likeness (QED) is 0.507. The Bertz CT molecular complexity index is 1270. The molecule has 5 rings (SSSR count). The average Bonchev–Trinajstić information content (AvgIpc) is 2.88. The van der Waals surface area contributed by atoms with E-state index in [9.17, 15) is 4.79 Å². The molecule has 1 amide bonds. The van der Waals surface area contributed by atoms with Gasteiger partial charge >= 0.3 is 0 Å². The van der Waals surface area contributed by atoms with Crippen LogP contribution in [0, 0.1) is 0 Å². The predicted molar refractivity (Wildman–Crippen MR) is 129 cm³/mol. The Kier molecular flexibility index (Phi) is 5.80. The van der Waals surface area contributed by atoms with Gasteiger partial charge in [-0.2, -0.15) is 0 Å². The van der Waals surface area contributed by atoms with Crippen molar-refractivity contribution in [2.75, 3.05) is 36.4 Å². The predicted octanol–water partition coefficient (Wildman–Crippen LogP) is 3.69. The number of hydrogen-bond donors (Lipinski definition) is 1. The molecule has 8 heteroatoms. The van der Waals surface area contributed by atoms with Crippen molar-refractivity contribution in [2.24, 2.45) is 0 Å². The summed E-state index contributed by atoms with van der Waals surface area (Å²) >= 11 is 0. The van der Waals surface area contributed by atoms with Crippen LogP contribution in [-0.4, -0.2) is 56.9 Å². The molecule has 4 aromatic rings. The van der Waals surface area contributed by atoms with Crippen LogP contribution < -0.4 is 10.2 Å². The summed E-state index contributed by atoms with van der Waals surface area (Å²) in [5, 5.41) is 4.20. The molecule has 1 saturated heterocycles. The van der Waals surface area contributed by atoms with Crippen molar-refractivity contribution in [3.63, 3.8) is 0 Å². The topological polar surface area (TPSA) is 87.1 Å². The molecule has 166 valence electrons. The summed E-state index contributed by atoms with van der Waals surface area (Å²) < 4.78 is 0. The van der Waals surface area contributed by atoms with Crippen molar-refractivity contribution in [3.8, 4) is 0 Å². The molecule has 0 atom stereocenters. The van der Waals surface area contributed by atoms with Gasteiger partial charge in [-0.05, 0) is 36.2 Å². The van der Waals surface area contributed by atoms with E-state index in [1.165, 1.54) is 0 Å². The van der Waals surface area contributed by atoms with Gasteiger partial charge in [0.05, 0.1) is 5.52 Å². The number of nitrogens with one attached hydrogen (secondary N) is 1. The van der Waals surface area contributed by atoms with Crippen LogP contribution in [0.5, 0.6) is 0 Å². The first-order valence-corrected chi connectivity index (χ1v) is 11.1. The summed E-state index contributed by atoms with van der Waals surface area (Å²) in [5.41, 5.74) is 3.40. The van der Waals surface area contributed by atoms with E-state index in [1.807, 2.05) is 65.8 Å². The fourth-order valence-electron chi connectivity index (χ4n) is 3.88. The minimum Gasteiger partial charge on any atom is -0.337 e. The molecule has 0 saturated carbocycles. The van der Waals surface area contributed by atoms with E-state index in [-0.39, 0.29) is 5.91 Å². The number of anilines is 3. The summed E-state index contributed by atoms with van der Waals surface area (Å²) in [4.78, 5) is 35.0. The zero-order valence-electron chi connectivity index (χ0n) is 18.5. The lowest BCUT2D eigenvalue weighted by Gasteiger charge is -2.34. The number of aryl methyl sites for hydroxylation is 1. The number of benzene rings is 2. The third-order valence-electron chi connectivity index (χ3n) is 5.80. The molecule has 2 aromatic carbocycles. The fraction of sp³-hybridized carbons (Fsp3) is 0.240. The van der Waals surface area contributed by atoms with Crippen LogP contribution in [0.4, 0.5) is 17.6 Å². The lowest BCUT2D eigenvalue weighted by molar-refractivity contribution is 0.0746. The van der Waals surface area contributed by atoms with E-state index in [2.05, 4.69) is 37.1 Å². The number of carbonyl (C=O) groups excluding carboxylic acids is 1. The molecule has 1 fully saturated rings. The Balaban J connectivity index is 1.24. The Hall–Kier alpha value is -4.07. The van der Waals surface area contributed by atoms with Crippen LogP contribution in [0.3, 0.4) is 0 Å². The third kappa shape index (κ3) is 4.59. The first-order chi connectivity index (χ1) is 16.2. The normalized spacial score (nSPS) is 13.8. The number of nitrogens with zero attached hydrogens (tertiary/aromatic N) is 6. The van der Waals surface area contributed by atoms with Gasteiger partial charge in [-0.1, -0.05) is 31.2 Å². The van der Waals surface area contributed by atoms with E-state index >= 15 is 0 Å². The molecule has 1 aliphatic rings. The summed E-state index contributed by atoms with van der Waals surface area (Å²) in [5.74, 6) is 1.24. The molecule has 0 spiro atoms. The maximum atomic E-state index is 13.1. The van der Waals surface area contributed by atoms with Crippen LogP contribution in [0.1, 0.15) is 22.8 Å². The van der Waals surface area contributed by atoms with Crippen LogP contribution in [0.2, 0.25) is 0 Å². The number of carbonyl (C=O) groups is 1. The zero-order valence-corrected chi connectivity index (χ0v) is 18.5. The second-order valence-electron chi connectivity index (χ2n) is 7.98. The fourth-order valence-corrected chi connectivity index (χ4v) is 3.88. The molecule has 8 nitrogen and oxygen atoms in total. The standard InChI is InChI=1S/C25H25N7O/c1-2-18-15-27-25(28-16-18)32-12-10-31(11-13-32)23(33)19-7-5-8-21(14-19)29-24-26-17-20-6-3-4-9-22(20)30-24/h3-9,14-17H,2,10-13H2,1H3,(H,26,29,30). The first kappa shape index (κ1) is 20.8. The zero-order chi connectivity index (χ0) is 22.6. The highest BCUT2D eigenvalue weighted by Crippen LogP contribution is 2.19. The average molecular weight is 440 g/mol. The Labute approximate surface area is 192 Å². The van der Waals surface area contributed by atoms with Crippen molar-refractivity contribution < 1.29 is 4.79 Å². The lowest BCUT2D eigenvalue weighted by Crippen LogP contribution is -2.49. The molecular weight excluding hydrogens is 414 g/mol. The second kappa shape index (κ2) is 9.20. The van der Waals surface area contributed by atoms with E-state index in [1.54, 1.807) is 6.20 Å². The van der Waals surface area contributed by atoms with Crippen molar-refractivity contribution in [3.05, 3.63) is 78.2 Å². The van der Waals surface area contributed by atoms with Crippen molar-refractivity contribution >= 4 is 34.4 Å². The van der Waals surface area contributed by atoms with Crippen LogP contribution in [0.15, 0.2) is 67.1 Å². The number of aromatic nitrogens is 4. The molecule has 0 unspecified atom stereocenters. The summed E-state index contributed by atoms with van der Waals surface area (Å²) in [7, 11) is 0. The van der Waals surface area contributed by atoms with Crippen molar-refractivity contribution in [1.29, 1.82) is 0 Å². The minimum absolute atomic E-state index is 0.0139. The monoisotopic (exact) mass is 439 g/mol. The van der Waals surface area contributed by atoms with Crippen LogP contribution in [-0.2, 0) is 6.42 Å². The first-order valence-electron chi connectivity index (χ1n) is 11.1. The van der Waals surface area contributed by atoms with Crippen molar-refractivity contribution in [1.82, 2.24) is 24.8 Å². The molecule has 1 aliphatic heterocycles. The number of hydrogen-bond acceptors (Lipinski definition) is 7. The maximum absolute atomic E-state index is 13.1. The van der Waals surface area contributed by atoms with Crippen molar-refractivity contribution in [2.45, 2.75) is 13.3 Å². The van der Waals surface area contributed by atoms with Gasteiger partial charge in [-0.15, -0.1) is 0 Å². The molecule has 0 aliphatic carbocycles. The summed E-state index contributed by atoms with van der Waals surface area (Å²) in [6.07, 6.45) is 6.46.